The molecule has 0 saturated heterocycles. The molecule has 0 aliphatic heterocycles. The Kier molecular flexibility index (Phi) is 20.8. The smallest absolute Gasteiger partial charge is 0.408 e. The Morgan fingerprint density at radius 1 is 0.944 bits per heavy atom. The van der Waals surface area contributed by atoms with E-state index in [1.807, 2.05) is 44.2 Å². The van der Waals surface area contributed by atoms with Crippen molar-refractivity contribution in [3.8, 4) is 0 Å². The first-order valence-electron chi connectivity index (χ1n) is 10.9. The van der Waals surface area contributed by atoms with Crippen LogP contribution in [0.5, 0.6) is 0 Å². The number of carboxylic acids is 1. The summed E-state index contributed by atoms with van der Waals surface area (Å²) in [6.07, 6.45) is -0.751. The van der Waals surface area contributed by atoms with Crippen LogP contribution in [-0.2, 0) is 32.9 Å². The number of nitrogens with two attached hydrogens (primary N) is 1. The van der Waals surface area contributed by atoms with Gasteiger partial charge in [-0.15, -0.1) is 36.4 Å². The van der Waals surface area contributed by atoms with Crippen molar-refractivity contribution in [1.29, 1.82) is 0 Å². The maximum Gasteiger partial charge on any atom is 0.408 e. The van der Waals surface area contributed by atoms with E-state index in [0.717, 1.165) is 5.56 Å². The molecule has 2 aromatic rings. The maximum atomic E-state index is 11.9. The first-order valence-corrected chi connectivity index (χ1v) is 10.9. The number of likely N-dealkylation sites (N-methyl/N-ethyl adjacent to an activating group) is 1. The number of nitrogens with zero attached hydrogens (tertiary/aromatic N) is 1. The number of benzene rings is 2. The standard InChI is InChI=1S/C13H17NO4.C12H18N2O.ClH.HI.V/c1-13(2,3)18-12(17)14-10(11(15)16)9-7-5-4-6-8-9;1-3-14(4-2)12(15)11(13)10-8-6-5-7-9-10;;;/h4-8,10H,1-3H3,(H,14,17)(H,15,16);5-9,11H,3-4,13H2,1-2H3;2*1H;/t10-;11-;;;/m00.../s1. The van der Waals surface area contributed by atoms with Crippen LogP contribution in [0.1, 0.15) is 57.8 Å². The molecule has 0 aromatic heterocycles. The van der Waals surface area contributed by atoms with Crippen molar-refractivity contribution in [1.82, 2.24) is 10.2 Å². The summed E-state index contributed by atoms with van der Waals surface area (Å²) in [7, 11) is 0. The predicted octanol–water partition coefficient (Wildman–Crippen LogP) is 4.93. The normalized spacial score (nSPS) is 11.4. The van der Waals surface area contributed by atoms with Gasteiger partial charge in [0.25, 0.3) is 0 Å². The molecule has 0 heterocycles. The van der Waals surface area contributed by atoms with E-state index in [-0.39, 0.29) is 60.8 Å². The molecule has 4 N–H and O–H groups in total. The van der Waals surface area contributed by atoms with E-state index in [9.17, 15) is 14.4 Å². The summed E-state index contributed by atoms with van der Waals surface area (Å²) < 4.78 is 5.03. The number of carboxylic acid groups (broad SMARTS) is 1. The van der Waals surface area contributed by atoms with Crippen LogP contribution in [0.2, 0.25) is 0 Å². The Labute approximate surface area is 249 Å². The molecule has 0 bridgehead atoms. The fourth-order valence-corrected chi connectivity index (χ4v) is 2.89. The van der Waals surface area contributed by atoms with E-state index in [1.54, 1.807) is 56.0 Å². The van der Waals surface area contributed by atoms with Crippen molar-refractivity contribution in [3.63, 3.8) is 0 Å². The average Bonchev–Trinajstić information content (AvgIpc) is 2.78. The molecule has 2 aromatic carbocycles. The SMILES string of the molecule is CC(C)(C)OC(=O)N[C@H](C(=O)O)c1ccccc1.CCN(CC)C(=O)[C@@H](N)c1ccccc1.Cl.I.[V]. The van der Waals surface area contributed by atoms with Crippen LogP contribution in [-0.4, -0.2) is 46.7 Å². The van der Waals surface area contributed by atoms with Gasteiger partial charge >= 0.3 is 12.1 Å². The second kappa shape index (κ2) is 19.3. The molecule has 2 amide bonds. The third kappa shape index (κ3) is 14.1. The summed E-state index contributed by atoms with van der Waals surface area (Å²) >= 11 is 0. The minimum Gasteiger partial charge on any atom is -0.479 e. The van der Waals surface area contributed by atoms with Gasteiger partial charge in [0, 0.05) is 31.6 Å². The van der Waals surface area contributed by atoms with E-state index in [4.69, 9.17) is 15.6 Å². The van der Waals surface area contributed by atoms with Gasteiger partial charge in [0.05, 0.1) is 0 Å². The monoisotopic (exact) mass is 672 g/mol. The molecule has 36 heavy (non-hydrogen) atoms. The molecule has 0 unspecified atom stereocenters. The number of alkyl carbamates (subject to hydrolysis) is 1. The zero-order valence-electron chi connectivity index (χ0n) is 21.2. The van der Waals surface area contributed by atoms with Gasteiger partial charge in [0.1, 0.15) is 11.6 Å². The minimum atomic E-state index is -1.13. The van der Waals surface area contributed by atoms with E-state index in [1.165, 1.54) is 0 Å². The number of carbonyl (C=O) groups is 3. The van der Waals surface area contributed by atoms with Crippen LogP contribution in [0, 0.1) is 0 Å². The Morgan fingerprint density at radius 2 is 1.36 bits per heavy atom. The number of carbonyl (C=O) groups excluding carboxylic acids is 2. The van der Waals surface area contributed by atoms with Crippen LogP contribution < -0.4 is 11.1 Å². The molecule has 8 nitrogen and oxygen atoms in total. The van der Waals surface area contributed by atoms with Crippen molar-refractivity contribution in [2.24, 2.45) is 5.73 Å². The molecule has 201 valence electrons. The number of rotatable bonds is 7. The van der Waals surface area contributed by atoms with Gasteiger partial charge in [-0.2, -0.15) is 0 Å². The first-order chi connectivity index (χ1) is 15.5. The van der Waals surface area contributed by atoms with Crippen molar-refractivity contribution in [2.75, 3.05) is 13.1 Å². The Hall–Kier alpha value is -1.79. The van der Waals surface area contributed by atoms with Crippen LogP contribution in [0.4, 0.5) is 4.79 Å². The molecule has 2 rings (SSSR count). The Balaban J connectivity index is -0.000000566. The number of nitrogens with one attached hydrogen (secondary N) is 1. The van der Waals surface area contributed by atoms with Crippen LogP contribution in [0.3, 0.4) is 0 Å². The molecule has 1 radical (unpaired) electrons. The van der Waals surface area contributed by atoms with Crippen LogP contribution in [0.25, 0.3) is 0 Å². The number of amides is 2. The van der Waals surface area contributed by atoms with E-state index < -0.39 is 29.7 Å². The zero-order chi connectivity index (χ0) is 25.0. The summed E-state index contributed by atoms with van der Waals surface area (Å²) in [5.74, 6) is -1.14. The number of aliphatic carboxylic acids is 1. The molecular formula is C25H37ClIN3O5V. The third-order valence-corrected chi connectivity index (χ3v) is 4.54. The molecule has 0 fully saturated rings. The van der Waals surface area contributed by atoms with Crippen molar-refractivity contribution >= 4 is 54.4 Å². The van der Waals surface area contributed by atoms with Crippen molar-refractivity contribution in [2.45, 2.75) is 52.3 Å². The van der Waals surface area contributed by atoms with E-state index in [2.05, 4.69) is 5.32 Å². The maximum absolute atomic E-state index is 11.9. The largest absolute Gasteiger partial charge is 0.479 e. The number of ether oxygens (including phenoxy) is 1. The van der Waals surface area contributed by atoms with Crippen LogP contribution in [0.15, 0.2) is 60.7 Å². The Morgan fingerprint density at radius 3 is 1.72 bits per heavy atom. The van der Waals surface area contributed by atoms with E-state index >= 15 is 0 Å². The third-order valence-electron chi connectivity index (χ3n) is 4.54. The van der Waals surface area contributed by atoms with Gasteiger partial charge in [-0.05, 0) is 45.7 Å². The summed E-state index contributed by atoms with van der Waals surface area (Å²) in [5.41, 5.74) is 6.60. The molecular weight excluding hydrogens is 636 g/mol. The fourth-order valence-electron chi connectivity index (χ4n) is 2.89. The summed E-state index contributed by atoms with van der Waals surface area (Å²) in [5, 5.41) is 11.4. The van der Waals surface area contributed by atoms with Gasteiger partial charge in [0.2, 0.25) is 5.91 Å². The number of hydrogen-bond acceptors (Lipinski definition) is 5. The Bertz CT molecular complexity index is 898. The molecule has 0 spiro atoms. The predicted molar refractivity (Wildman–Crippen MR) is 150 cm³/mol. The van der Waals surface area contributed by atoms with Gasteiger partial charge in [-0.1, -0.05) is 60.7 Å². The first kappa shape index (κ1) is 38.7. The average molecular weight is 673 g/mol. The van der Waals surface area contributed by atoms with Crippen molar-refractivity contribution in [3.05, 3.63) is 71.8 Å². The zero-order valence-corrected chi connectivity index (χ0v) is 25.8. The van der Waals surface area contributed by atoms with Gasteiger partial charge < -0.3 is 25.8 Å². The van der Waals surface area contributed by atoms with E-state index in [0.29, 0.717) is 18.7 Å². The molecule has 2 atom stereocenters. The second-order valence-corrected chi connectivity index (χ2v) is 8.23. The molecule has 0 aliphatic carbocycles. The summed E-state index contributed by atoms with van der Waals surface area (Å²) in [6.45, 7) is 10.5. The van der Waals surface area contributed by atoms with Gasteiger partial charge in [-0.3, -0.25) is 4.79 Å². The summed E-state index contributed by atoms with van der Waals surface area (Å²) in [6, 6.07) is 16.3. The number of halogens is 2. The molecule has 0 aliphatic rings. The topological polar surface area (TPSA) is 122 Å². The van der Waals surface area contributed by atoms with Crippen LogP contribution >= 0.6 is 36.4 Å². The number of hydrogen-bond donors (Lipinski definition) is 3. The minimum absolute atomic E-state index is 0. The molecule has 11 heteroatoms. The van der Waals surface area contributed by atoms with Gasteiger partial charge in [-0.25, -0.2) is 9.59 Å². The van der Waals surface area contributed by atoms with Gasteiger partial charge in [0.15, 0.2) is 6.04 Å². The molecule has 0 saturated carbocycles. The fraction of sp³-hybridized carbons (Fsp3) is 0.400. The second-order valence-electron chi connectivity index (χ2n) is 8.23. The van der Waals surface area contributed by atoms with Crippen molar-refractivity contribution < 1.29 is 42.8 Å². The quantitative estimate of drug-likeness (QED) is 0.359. The summed E-state index contributed by atoms with van der Waals surface area (Å²) in [4.78, 5) is 36.3.